The van der Waals surface area contributed by atoms with Crippen LogP contribution in [0.25, 0.3) is 0 Å². The molecule has 0 bridgehead atoms. The fourth-order valence-electron chi connectivity index (χ4n) is 1.29. The van der Waals surface area contributed by atoms with E-state index < -0.39 is 5.91 Å². The van der Waals surface area contributed by atoms with Gasteiger partial charge < -0.3 is 4.74 Å². The number of aromatic nitrogens is 2. The first-order valence-corrected chi connectivity index (χ1v) is 5.02. The first-order chi connectivity index (χ1) is 8.29. The third-order valence-corrected chi connectivity index (χ3v) is 2.11. The number of benzene rings is 1. The fourth-order valence-corrected chi connectivity index (χ4v) is 1.29. The minimum absolute atomic E-state index is 0.238. The number of carbonyl (C=O) groups excluding carboxylic acids is 1. The van der Waals surface area contributed by atoms with Gasteiger partial charge in [-0.1, -0.05) is 18.2 Å². The zero-order valence-corrected chi connectivity index (χ0v) is 9.04. The number of carbonyl (C=O) groups is 1. The van der Waals surface area contributed by atoms with Gasteiger partial charge in [0.1, 0.15) is 5.75 Å². The lowest BCUT2D eigenvalue weighted by molar-refractivity contribution is 0.0946. The summed E-state index contributed by atoms with van der Waals surface area (Å²) in [7, 11) is 0. The van der Waals surface area contributed by atoms with E-state index in [1.165, 1.54) is 4.68 Å². The van der Waals surface area contributed by atoms with Gasteiger partial charge in [0.25, 0.3) is 5.91 Å². The number of hydrazine groups is 1. The Hall–Kier alpha value is -2.34. The Balaban J connectivity index is 1.96. The molecular weight excluding hydrogens is 220 g/mol. The van der Waals surface area contributed by atoms with Crippen molar-refractivity contribution in [2.24, 2.45) is 5.84 Å². The Kier molecular flexibility index (Phi) is 3.37. The number of hydrogen-bond donors (Lipinski definition) is 2. The molecule has 6 nitrogen and oxygen atoms in total. The highest BCUT2D eigenvalue weighted by molar-refractivity contribution is 5.91. The lowest BCUT2D eigenvalue weighted by Gasteiger charge is -2.05. The predicted octanol–water partition coefficient (Wildman–Crippen LogP) is 0.523. The van der Waals surface area contributed by atoms with Gasteiger partial charge in [0, 0.05) is 6.20 Å². The number of nitrogens with zero attached hydrogens (tertiary/aromatic N) is 2. The summed E-state index contributed by atoms with van der Waals surface area (Å²) in [5.41, 5.74) is 2.27. The molecule has 1 aromatic heterocycles. The van der Waals surface area contributed by atoms with Crippen molar-refractivity contribution in [1.29, 1.82) is 0 Å². The van der Waals surface area contributed by atoms with Crippen LogP contribution in [0.4, 0.5) is 0 Å². The number of ether oxygens (including phenoxy) is 1. The van der Waals surface area contributed by atoms with Crippen molar-refractivity contribution in [2.75, 3.05) is 0 Å². The van der Waals surface area contributed by atoms with E-state index in [0.29, 0.717) is 0 Å². The molecule has 1 amide bonds. The summed E-state index contributed by atoms with van der Waals surface area (Å²) >= 11 is 0. The van der Waals surface area contributed by atoms with Crippen molar-refractivity contribution in [3.63, 3.8) is 0 Å². The molecule has 1 aromatic carbocycles. The van der Waals surface area contributed by atoms with Crippen LogP contribution >= 0.6 is 0 Å². The Morgan fingerprint density at radius 3 is 2.82 bits per heavy atom. The zero-order valence-electron chi connectivity index (χ0n) is 9.04. The molecule has 2 rings (SSSR count). The maximum absolute atomic E-state index is 11.1. The van der Waals surface area contributed by atoms with Crippen molar-refractivity contribution in [1.82, 2.24) is 15.2 Å². The van der Waals surface area contributed by atoms with Crippen LogP contribution in [0.3, 0.4) is 0 Å². The van der Waals surface area contributed by atoms with Crippen LogP contribution in [0, 0.1) is 0 Å². The minimum Gasteiger partial charge on any atom is -0.471 e. The molecule has 88 valence electrons. The predicted molar refractivity (Wildman–Crippen MR) is 61.0 cm³/mol. The van der Waals surface area contributed by atoms with Crippen LogP contribution < -0.4 is 16.0 Å². The first kappa shape index (κ1) is 11.2. The number of nitrogens with two attached hydrogens (primary N) is 1. The van der Waals surface area contributed by atoms with Gasteiger partial charge in [-0.15, -0.1) is 0 Å². The largest absolute Gasteiger partial charge is 0.471 e. The summed E-state index contributed by atoms with van der Waals surface area (Å²) in [5, 5.41) is 4.00. The molecule has 0 saturated heterocycles. The van der Waals surface area contributed by atoms with Gasteiger partial charge in [-0.25, -0.2) is 10.5 Å². The maximum Gasteiger partial charge on any atom is 0.285 e. The van der Waals surface area contributed by atoms with Crippen LogP contribution in [-0.4, -0.2) is 15.7 Å². The number of amides is 1. The van der Waals surface area contributed by atoms with E-state index in [-0.39, 0.29) is 12.4 Å². The van der Waals surface area contributed by atoms with Crippen molar-refractivity contribution in [3.8, 4) is 5.75 Å². The highest BCUT2D eigenvalue weighted by Crippen LogP contribution is 2.08. The molecule has 0 atom stereocenters. The summed E-state index contributed by atoms with van der Waals surface area (Å²) in [6.45, 7) is 0.238. The van der Waals surface area contributed by atoms with Crippen LogP contribution in [0.5, 0.6) is 5.75 Å². The van der Waals surface area contributed by atoms with Crippen LogP contribution in [0.2, 0.25) is 0 Å². The molecule has 1 heterocycles. The van der Waals surface area contributed by atoms with Crippen LogP contribution in [0.1, 0.15) is 10.5 Å². The summed E-state index contributed by atoms with van der Waals surface area (Å²) in [5.74, 6) is 5.31. The average molecular weight is 232 g/mol. The van der Waals surface area contributed by atoms with Crippen LogP contribution in [0.15, 0.2) is 42.6 Å². The van der Waals surface area contributed by atoms with E-state index in [9.17, 15) is 4.79 Å². The molecule has 3 N–H and O–H groups in total. The quantitative estimate of drug-likeness (QED) is 0.457. The lowest BCUT2D eigenvalue weighted by Crippen LogP contribution is -2.30. The summed E-state index contributed by atoms with van der Waals surface area (Å²) < 4.78 is 6.97. The third-order valence-electron chi connectivity index (χ3n) is 2.11. The van der Waals surface area contributed by atoms with Gasteiger partial charge in [0.2, 0.25) is 0 Å². The monoisotopic (exact) mass is 232 g/mol. The van der Waals surface area contributed by atoms with Crippen LogP contribution in [-0.2, 0) is 6.73 Å². The van der Waals surface area contributed by atoms with Gasteiger partial charge >= 0.3 is 0 Å². The van der Waals surface area contributed by atoms with Gasteiger partial charge in [0.15, 0.2) is 12.4 Å². The molecule has 0 aliphatic heterocycles. The Labute approximate surface area is 98.0 Å². The van der Waals surface area contributed by atoms with Crippen molar-refractivity contribution >= 4 is 5.91 Å². The van der Waals surface area contributed by atoms with Gasteiger partial charge in [0.05, 0.1) is 0 Å². The second-order valence-corrected chi connectivity index (χ2v) is 3.30. The molecule has 17 heavy (non-hydrogen) atoms. The highest BCUT2D eigenvalue weighted by atomic mass is 16.5. The third kappa shape index (κ3) is 2.82. The molecular formula is C11H12N4O2. The molecule has 0 radical (unpaired) electrons. The second-order valence-electron chi connectivity index (χ2n) is 3.30. The normalized spacial score (nSPS) is 9.94. The SMILES string of the molecule is NNC(=O)c1ccn(COc2ccccc2)n1. The Morgan fingerprint density at radius 2 is 2.12 bits per heavy atom. The molecule has 0 aliphatic rings. The summed E-state index contributed by atoms with van der Waals surface area (Å²) in [6.07, 6.45) is 1.65. The zero-order chi connectivity index (χ0) is 12.1. The number of hydrogen-bond acceptors (Lipinski definition) is 4. The van der Waals surface area contributed by atoms with Gasteiger partial charge in [-0.05, 0) is 18.2 Å². The van der Waals surface area contributed by atoms with E-state index in [1.807, 2.05) is 35.8 Å². The van der Waals surface area contributed by atoms with Gasteiger partial charge in [-0.3, -0.25) is 10.2 Å². The summed E-state index contributed by atoms with van der Waals surface area (Å²) in [4.78, 5) is 11.1. The number of rotatable bonds is 4. The lowest BCUT2D eigenvalue weighted by atomic mass is 10.3. The number of nitrogens with one attached hydrogen (secondary N) is 1. The molecule has 0 unspecified atom stereocenters. The van der Waals surface area contributed by atoms with E-state index >= 15 is 0 Å². The molecule has 6 heteroatoms. The summed E-state index contributed by atoms with van der Waals surface area (Å²) in [6, 6.07) is 10.9. The number of nitrogen functional groups attached to an aromatic ring is 1. The second kappa shape index (κ2) is 5.13. The standard InChI is InChI=1S/C11H12N4O2/c12-13-11(16)10-6-7-15(14-10)8-17-9-4-2-1-3-5-9/h1-7H,8,12H2,(H,13,16). The minimum atomic E-state index is -0.427. The molecule has 0 saturated carbocycles. The fraction of sp³-hybridized carbons (Fsp3) is 0.0909. The average Bonchev–Trinajstić information content (AvgIpc) is 2.85. The topological polar surface area (TPSA) is 82.2 Å². The molecule has 0 aliphatic carbocycles. The van der Waals surface area contributed by atoms with Crippen molar-refractivity contribution in [3.05, 3.63) is 48.3 Å². The molecule has 2 aromatic rings. The number of para-hydroxylation sites is 1. The molecule has 0 spiro atoms. The Morgan fingerprint density at radius 1 is 1.35 bits per heavy atom. The van der Waals surface area contributed by atoms with E-state index in [0.717, 1.165) is 5.75 Å². The molecule has 0 fully saturated rings. The smallest absolute Gasteiger partial charge is 0.285 e. The van der Waals surface area contributed by atoms with Crippen molar-refractivity contribution < 1.29 is 9.53 Å². The van der Waals surface area contributed by atoms with Crippen molar-refractivity contribution in [2.45, 2.75) is 6.73 Å². The van der Waals surface area contributed by atoms with E-state index in [4.69, 9.17) is 10.6 Å². The van der Waals surface area contributed by atoms with E-state index in [1.54, 1.807) is 12.3 Å². The van der Waals surface area contributed by atoms with E-state index in [2.05, 4.69) is 5.10 Å². The van der Waals surface area contributed by atoms with Gasteiger partial charge in [-0.2, -0.15) is 5.10 Å². The highest BCUT2D eigenvalue weighted by Gasteiger charge is 2.06. The Bertz CT molecular complexity index is 495. The maximum atomic E-state index is 11.1. The first-order valence-electron chi connectivity index (χ1n) is 5.02.